The van der Waals surface area contributed by atoms with Crippen LogP contribution in [0.1, 0.15) is 48.4 Å². The van der Waals surface area contributed by atoms with Gasteiger partial charge in [0.05, 0.1) is 23.7 Å². The second kappa shape index (κ2) is 11.0. The number of carbonyl (C=O) groups is 2. The number of rotatable bonds is 6. The molecule has 2 aliphatic heterocycles. The van der Waals surface area contributed by atoms with Gasteiger partial charge < -0.3 is 14.7 Å². The summed E-state index contributed by atoms with van der Waals surface area (Å²) in [5.74, 6) is 0.217. The molecule has 0 spiro atoms. The van der Waals surface area contributed by atoms with Gasteiger partial charge in [-0.3, -0.25) is 14.5 Å². The lowest BCUT2D eigenvalue weighted by Gasteiger charge is -2.31. The number of para-hydroxylation sites is 1. The molecule has 2 amide bonds. The summed E-state index contributed by atoms with van der Waals surface area (Å²) >= 11 is 0. The summed E-state index contributed by atoms with van der Waals surface area (Å²) in [5.41, 5.74) is 1.79. The van der Waals surface area contributed by atoms with Crippen molar-refractivity contribution in [3.05, 3.63) is 65.8 Å². The number of carbonyl (C=O) groups excluding carboxylic acids is 2. The van der Waals surface area contributed by atoms with Crippen LogP contribution in [-0.2, 0) is 11.3 Å². The Kier molecular flexibility index (Phi) is 7.36. The molecule has 0 radical (unpaired) electrons. The number of amides is 2. The first kappa shape index (κ1) is 24.1. The molecule has 1 N–H and O–H groups in total. The molecule has 1 atom stereocenters. The number of nitrogens with one attached hydrogen (secondary N) is 1. The van der Waals surface area contributed by atoms with Gasteiger partial charge >= 0.3 is 0 Å². The third-order valence-corrected chi connectivity index (χ3v) is 6.86. The third-order valence-electron chi connectivity index (χ3n) is 6.86. The number of nitrogens with zero attached hydrogens (tertiary/aromatic N) is 4. The van der Waals surface area contributed by atoms with Crippen LogP contribution < -0.4 is 5.32 Å². The summed E-state index contributed by atoms with van der Waals surface area (Å²) in [6, 6.07) is 13.2. The number of benzene rings is 2. The summed E-state index contributed by atoms with van der Waals surface area (Å²) < 4.78 is 18.6. The molecule has 1 unspecified atom stereocenters. The third kappa shape index (κ3) is 5.62. The highest BCUT2D eigenvalue weighted by molar-refractivity contribution is 6.04. The maximum atomic E-state index is 13.2. The van der Waals surface area contributed by atoms with Crippen molar-refractivity contribution in [1.82, 2.24) is 19.9 Å². The van der Waals surface area contributed by atoms with Crippen LogP contribution in [0.25, 0.3) is 11.4 Å². The van der Waals surface area contributed by atoms with Crippen molar-refractivity contribution in [2.24, 2.45) is 5.92 Å². The molecule has 5 rings (SSSR count). The number of hydrogen-bond donors (Lipinski definition) is 1. The highest BCUT2D eigenvalue weighted by atomic mass is 19.1. The molecule has 3 aromatic rings. The van der Waals surface area contributed by atoms with Crippen LogP contribution in [0.15, 0.2) is 53.1 Å². The summed E-state index contributed by atoms with van der Waals surface area (Å²) in [6.07, 6.45) is 4.82. The second-order valence-corrected chi connectivity index (χ2v) is 9.48. The number of anilines is 1. The zero-order valence-electron chi connectivity index (χ0n) is 20.2. The van der Waals surface area contributed by atoms with E-state index >= 15 is 0 Å². The average molecular weight is 492 g/mol. The fourth-order valence-corrected chi connectivity index (χ4v) is 4.92. The Morgan fingerprint density at radius 3 is 2.58 bits per heavy atom. The van der Waals surface area contributed by atoms with E-state index in [1.165, 1.54) is 12.1 Å². The van der Waals surface area contributed by atoms with Gasteiger partial charge in [-0.1, -0.05) is 17.3 Å². The lowest BCUT2D eigenvalue weighted by molar-refractivity contribution is -0.121. The molecule has 2 saturated heterocycles. The van der Waals surface area contributed by atoms with Crippen molar-refractivity contribution in [3.8, 4) is 11.4 Å². The number of likely N-dealkylation sites (tertiary alicyclic amines) is 2. The Balaban J connectivity index is 1.21. The molecule has 9 heteroatoms. The summed E-state index contributed by atoms with van der Waals surface area (Å²) in [4.78, 5) is 34.7. The van der Waals surface area contributed by atoms with Gasteiger partial charge in [-0.2, -0.15) is 4.98 Å². The van der Waals surface area contributed by atoms with E-state index in [2.05, 4.69) is 20.4 Å². The van der Waals surface area contributed by atoms with Crippen LogP contribution in [0.3, 0.4) is 0 Å². The van der Waals surface area contributed by atoms with Gasteiger partial charge in [-0.15, -0.1) is 0 Å². The molecular formula is C27H30FN5O3. The van der Waals surface area contributed by atoms with Gasteiger partial charge in [0.2, 0.25) is 17.6 Å². The summed E-state index contributed by atoms with van der Waals surface area (Å²) in [5, 5.41) is 7.03. The van der Waals surface area contributed by atoms with Crippen molar-refractivity contribution < 1.29 is 18.5 Å². The molecule has 0 aliphatic carbocycles. The first-order chi connectivity index (χ1) is 17.6. The lowest BCUT2D eigenvalue weighted by Crippen LogP contribution is -2.40. The molecule has 2 fully saturated rings. The molecule has 8 nitrogen and oxygen atoms in total. The Morgan fingerprint density at radius 2 is 1.78 bits per heavy atom. The standard InChI is InChI=1S/C27H30FN5O3/c28-21-12-10-19(11-13-21)25-30-24(36-31-25)18-32-14-6-7-20(17-32)26(34)29-23-9-3-2-8-22(23)27(35)33-15-4-1-5-16-33/h2-3,8-13,20H,1,4-7,14-18H2,(H,29,34). The Morgan fingerprint density at radius 1 is 1.00 bits per heavy atom. The average Bonchev–Trinajstić information content (AvgIpc) is 3.38. The topological polar surface area (TPSA) is 91.6 Å². The van der Waals surface area contributed by atoms with Gasteiger partial charge in [-0.05, 0) is 75.0 Å². The van der Waals surface area contributed by atoms with Gasteiger partial charge in [0, 0.05) is 25.2 Å². The van der Waals surface area contributed by atoms with Crippen molar-refractivity contribution in [1.29, 1.82) is 0 Å². The van der Waals surface area contributed by atoms with E-state index in [0.717, 1.165) is 51.7 Å². The molecular weight excluding hydrogens is 461 g/mol. The van der Waals surface area contributed by atoms with E-state index in [9.17, 15) is 14.0 Å². The Labute approximate surface area is 209 Å². The molecule has 2 aromatic carbocycles. The fraction of sp³-hybridized carbons (Fsp3) is 0.407. The highest BCUT2D eigenvalue weighted by Gasteiger charge is 2.28. The van der Waals surface area contributed by atoms with E-state index in [1.807, 2.05) is 17.0 Å². The van der Waals surface area contributed by atoms with Crippen molar-refractivity contribution >= 4 is 17.5 Å². The van der Waals surface area contributed by atoms with Gasteiger partial charge in [0.1, 0.15) is 5.82 Å². The minimum atomic E-state index is -0.321. The minimum Gasteiger partial charge on any atom is -0.339 e. The quantitative estimate of drug-likeness (QED) is 0.551. The highest BCUT2D eigenvalue weighted by Crippen LogP contribution is 2.24. The predicted octanol–water partition coefficient (Wildman–Crippen LogP) is 4.35. The number of piperidine rings is 2. The zero-order chi connectivity index (χ0) is 24.9. The number of hydrogen-bond acceptors (Lipinski definition) is 6. The van der Waals surface area contributed by atoms with E-state index in [4.69, 9.17) is 4.52 Å². The molecule has 0 saturated carbocycles. The molecule has 2 aliphatic rings. The summed E-state index contributed by atoms with van der Waals surface area (Å²) in [7, 11) is 0. The summed E-state index contributed by atoms with van der Waals surface area (Å²) in [6.45, 7) is 3.33. The molecule has 0 bridgehead atoms. The van der Waals surface area contributed by atoms with Crippen molar-refractivity contribution in [3.63, 3.8) is 0 Å². The Hall–Kier alpha value is -3.59. The monoisotopic (exact) mass is 491 g/mol. The molecule has 36 heavy (non-hydrogen) atoms. The smallest absolute Gasteiger partial charge is 0.255 e. The van der Waals surface area contributed by atoms with E-state index in [0.29, 0.717) is 41.6 Å². The lowest BCUT2D eigenvalue weighted by atomic mass is 9.96. The van der Waals surface area contributed by atoms with Gasteiger partial charge in [0.25, 0.3) is 5.91 Å². The van der Waals surface area contributed by atoms with Crippen LogP contribution in [0, 0.1) is 11.7 Å². The fourth-order valence-electron chi connectivity index (χ4n) is 4.92. The van der Waals surface area contributed by atoms with Crippen LogP contribution in [-0.4, -0.2) is 57.9 Å². The molecule has 188 valence electrons. The molecule has 1 aromatic heterocycles. The van der Waals surface area contributed by atoms with Crippen molar-refractivity contribution in [2.45, 2.75) is 38.6 Å². The van der Waals surface area contributed by atoms with Crippen LogP contribution >= 0.6 is 0 Å². The van der Waals surface area contributed by atoms with Crippen molar-refractivity contribution in [2.75, 3.05) is 31.5 Å². The van der Waals surface area contributed by atoms with Gasteiger partial charge in [0.15, 0.2) is 0 Å². The predicted molar refractivity (Wildman–Crippen MR) is 133 cm³/mol. The Bertz CT molecular complexity index is 1210. The normalized spacial score (nSPS) is 18.7. The van der Waals surface area contributed by atoms with E-state index in [1.54, 1.807) is 24.3 Å². The zero-order valence-corrected chi connectivity index (χ0v) is 20.2. The largest absolute Gasteiger partial charge is 0.339 e. The first-order valence-electron chi connectivity index (χ1n) is 12.6. The minimum absolute atomic E-state index is 0.0239. The second-order valence-electron chi connectivity index (χ2n) is 9.48. The maximum absolute atomic E-state index is 13.2. The molecule has 3 heterocycles. The SMILES string of the molecule is O=C(Nc1ccccc1C(=O)N1CCCCC1)C1CCCN(Cc2nc(-c3ccc(F)cc3)no2)C1. The number of halogens is 1. The maximum Gasteiger partial charge on any atom is 0.255 e. The van der Waals surface area contributed by atoms with Crippen LogP contribution in [0.2, 0.25) is 0 Å². The number of aromatic nitrogens is 2. The van der Waals surface area contributed by atoms with E-state index in [-0.39, 0.29) is 23.5 Å². The first-order valence-corrected chi connectivity index (χ1v) is 12.6. The van der Waals surface area contributed by atoms with Crippen LogP contribution in [0.4, 0.5) is 10.1 Å². The van der Waals surface area contributed by atoms with E-state index < -0.39 is 0 Å². The van der Waals surface area contributed by atoms with Gasteiger partial charge in [-0.25, -0.2) is 4.39 Å². The van der Waals surface area contributed by atoms with Crippen LogP contribution in [0.5, 0.6) is 0 Å².